The van der Waals surface area contributed by atoms with Crippen LogP contribution < -0.4 is 0 Å². The van der Waals surface area contributed by atoms with Crippen LogP contribution >= 0.6 is 0 Å². The molecule has 1 aliphatic carbocycles. The summed E-state index contributed by atoms with van der Waals surface area (Å²) in [5.41, 5.74) is 5.95. The average Bonchev–Trinajstić information content (AvgIpc) is 3.07. The zero-order chi connectivity index (χ0) is 16.2. The first-order chi connectivity index (χ1) is 11.9. The molecule has 4 rings (SSSR count). The quantitative estimate of drug-likeness (QED) is 0.682. The lowest BCUT2D eigenvalue weighted by atomic mass is 9.94. The number of aromatic nitrogens is 3. The predicted molar refractivity (Wildman–Crippen MR) is 97.4 cm³/mol. The fraction of sp³-hybridized carbons (Fsp3) is 0.238. The fourth-order valence-corrected chi connectivity index (χ4v) is 3.33. The van der Waals surface area contributed by atoms with Crippen molar-refractivity contribution in [2.24, 2.45) is 0 Å². The molecule has 120 valence electrons. The summed E-state index contributed by atoms with van der Waals surface area (Å²) < 4.78 is 2.04. The maximum Gasteiger partial charge on any atom is 0.116 e. The summed E-state index contributed by atoms with van der Waals surface area (Å²) in [4.78, 5) is 0. The van der Waals surface area contributed by atoms with Crippen molar-refractivity contribution in [3.8, 4) is 11.3 Å². The molecule has 0 spiro atoms. The molecule has 0 saturated heterocycles. The van der Waals surface area contributed by atoms with Gasteiger partial charge in [-0.15, -0.1) is 5.10 Å². The summed E-state index contributed by atoms with van der Waals surface area (Å²) in [5, 5.41) is 9.05. The van der Waals surface area contributed by atoms with E-state index in [-0.39, 0.29) is 0 Å². The van der Waals surface area contributed by atoms with E-state index in [4.69, 9.17) is 0 Å². The van der Waals surface area contributed by atoms with Gasteiger partial charge in [-0.1, -0.05) is 72.0 Å². The smallest absolute Gasteiger partial charge is 0.116 e. The highest BCUT2D eigenvalue weighted by molar-refractivity contribution is 5.77. The van der Waals surface area contributed by atoms with E-state index in [0.29, 0.717) is 0 Å². The minimum Gasteiger partial charge on any atom is -0.240 e. The van der Waals surface area contributed by atoms with E-state index in [9.17, 15) is 0 Å². The van der Waals surface area contributed by atoms with Crippen LogP contribution in [0.1, 0.15) is 36.9 Å². The first-order valence-corrected chi connectivity index (χ1v) is 8.64. The first-order valence-electron chi connectivity index (χ1n) is 8.64. The van der Waals surface area contributed by atoms with Gasteiger partial charge in [-0.05, 0) is 36.8 Å². The summed E-state index contributed by atoms with van der Waals surface area (Å²) in [6.07, 6.45) is 7.11. The molecule has 2 aromatic carbocycles. The van der Waals surface area contributed by atoms with Crippen molar-refractivity contribution in [3.63, 3.8) is 0 Å². The molecule has 0 unspecified atom stereocenters. The van der Waals surface area contributed by atoms with E-state index < -0.39 is 0 Å². The molecular formula is C21H21N3. The fourth-order valence-electron chi connectivity index (χ4n) is 3.33. The SMILES string of the molecule is C1=C(c2nnn(Cc3ccccc3)c2-c2ccccc2)CCCC1. The van der Waals surface area contributed by atoms with Gasteiger partial charge >= 0.3 is 0 Å². The van der Waals surface area contributed by atoms with Gasteiger partial charge in [-0.25, -0.2) is 4.68 Å². The number of benzene rings is 2. The van der Waals surface area contributed by atoms with Gasteiger partial charge in [0.2, 0.25) is 0 Å². The zero-order valence-electron chi connectivity index (χ0n) is 13.7. The van der Waals surface area contributed by atoms with Crippen LogP contribution in [-0.2, 0) is 6.54 Å². The van der Waals surface area contributed by atoms with Crippen LogP contribution in [0.15, 0.2) is 66.7 Å². The largest absolute Gasteiger partial charge is 0.240 e. The van der Waals surface area contributed by atoms with Crippen molar-refractivity contribution < 1.29 is 0 Å². The van der Waals surface area contributed by atoms with E-state index in [1.807, 2.05) is 16.8 Å². The topological polar surface area (TPSA) is 30.7 Å². The Hall–Kier alpha value is -2.68. The second-order valence-corrected chi connectivity index (χ2v) is 6.27. The van der Waals surface area contributed by atoms with Crippen molar-refractivity contribution in [2.75, 3.05) is 0 Å². The highest BCUT2D eigenvalue weighted by atomic mass is 15.4. The highest BCUT2D eigenvalue weighted by Crippen LogP contribution is 2.33. The van der Waals surface area contributed by atoms with Gasteiger partial charge in [-0.2, -0.15) is 0 Å². The van der Waals surface area contributed by atoms with Crippen LogP contribution in [0.25, 0.3) is 16.8 Å². The van der Waals surface area contributed by atoms with E-state index in [2.05, 4.69) is 64.9 Å². The Labute approximate surface area is 142 Å². The molecule has 0 bridgehead atoms. The highest BCUT2D eigenvalue weighted by Gasteiger charge is 2.19. The number of rotatable bonds is 4. The molecule has 0 N–H and O–H groups in total. The van der Waals surface area contributed by atoms with Crippen molar-refractivity contribution in [1.82, 2.24) is 15.0 Å². The Bertz CT molecular complexity index is 832. The second kappa shape index (κ2) is 6.83. The van der Waals surface area contributed by atoms with Crippen LogP contribution in [0, 0.1) is 0 Å². The Morgan fingerprint density at radius 1 is 0.875 bits per heavy atom. The Morgan fingerprint density at radius 2 is 1.62 bits per heavy atom. The molecule has 0 amide bonds. The van der Waals surface area contributed by atoms with Crippen molar-refractivity contribution in [3.05, 3.63) is 78.0 Å². The standard InChI is InChI=1S/C21H21N3/c1-4-10-17(11-5-1)16-24-21(19-14-8-3-9-15-19)20(22-23-24)18-12-6-2-7-13-18/h1,3-5,8-12,14-15H,2,6-7,13,16H2. The Kier molecular flexibility index (Phi) is 4.24. The third-order valence-electron chi connectivity index (χ3n) is 4.55. The van der Waals surface area contributed by atoms with E-state index in [0.717, 1.165) is 30.8 Å². The number of hydrogen-bond donors (Lipinski definition) is 0. The van der Waals surface area contributed by atoms with Crippen LogP contribution in [0.5, 0.6) is 0 Å². The molecule has 0 atom stereocenters. The van der Waals surface area contributed by atoms with E-state index in [1.54, 1.807) is 0 Å². The number of allylic oxidation sites excluding steroid dienone is 2. The summed E-state index contributed by atoms with van der Waals surface area (Å²) in [7, 11) is 0. The molecule has 0 aliphatic heterocycles. The molecule has 3 heteroatoms. The molecular weight excluding hydrogens is 294 g/mol. The van der Waals surface area contributed by atoms with Gasteiger partial charge < -0.3 is 0 Å². The van der Waals surface area contributed by atoms with Gasteiger partial charge in [0.25, 0.3) is 0 Å². The van der Waals surface area contributed by atoms with Gasteiger partial charge in [-0.3, -0.25) is 0 Å². The van der Waals surface area contributed by atoms with Gasteiger partial charge in [0, 0.05) is 5.56 Å². The van der Waals surface area contributed by atoms with Gasteiger partial charge in [0.1, 0.15) is 5.69 Å². The van der Waals surface area contributed by atoms with Crippen LogP contribution in [0.2, 0.25) is 0 Å². The zero-order valence-corrected chi connectivity index (χ0v) is 13.7. The maximum atomic E-state index is 4.56. The third-order valence-corrected chi connectivity index (χ3v) is 4.55. The third kappa shape index (κ3) is 3.02. The summed E-state index contributed by atoms with van der Waals surface area (Å²) >= 11 is 0. The summed E-state index contributed by atoms with van der Waals surface area (Å²) in [5.74, 6) is 0. The maximum absolute atomic E-state index is 4.56. The number of nitrogens with zero attached hydrogens (tertiary/aromatic N) is 3. The predicted octanol–water partition coefficient (Wildman–Crippen LogP) is 4.95. The minimum absolute atomic E-state index is 0.741. The number of hydrogen-bond acceptors (Lipinski definition) is 2. The summed E-state index contributed by atoms with van der Waals surface area (Å²) in [6.45, 7) is 0.741. The normalized spacial score (nSPS) is 14.4. The van der Waals surface area contributed by atoms with Crippen LogP contribution in [0.4, 0.5) is 0 Å². The van der Waals surface area contributed by atoms with Crippen molar-refractivity contribution >= 4 is 5.57 Å². The molecule has 3 aromatic rings. The molecule has 1 aliphatic rings. The van der Waals surface area contributed by atoms with Gasteiger partial charge in [0.05, 0.1) is 12.2 Å². The molecule has 1 heterocycles. The molecule has 0 radical (unpaired) electrons. The van der Waals surface area contributed by atoms with Gasteiger partial charge in [0.15, 0.2) is 0 Å². The average molecular weight is 315 g/mol. The minimum atomic E-state index is 0.741. The lowest BCUT2D eigenvalue weighted by Gasteiger charge is -2.13. The lowest BCUT2D eigenvalue weighted by molar-refractivity contribution is 0.655. The van der Waals surface area contributed by atoms with Crippen LogP contribution in [-0.4, -0.2) is 15.0 Å². The molecule has 1 aromatic heterocycles. The van der Waals surface area contributed by atoms with E-state index in [1.165, 1.54) is 29.5 Å². The Balaban J connectivity index is 1.79. The first kappa shape index (κ1) is 14.9. The van der Waals surface area contributed by atoms with Crippen molar-refractivity contribution in [1.29, 1.82) is 0 Å². The molecule has 3 nitrogen and oxygen atoms in total. The Morgan fingerprint density at radius 3 is 2.33 bits per heavy atom. The molecule has 0 fully saturated rings. The molecule has 0 saturated carbocycles. The summed E-state index contributed by atoms with van der Waals surface area (Å²) in [6, 6.07) is 20.9. The van der Waals surface area contributed by atoms with Crippen molar-refractivity contribution in [2.45, 2.75) is 32.2 Å². The second-order valence-electron chi connectivity index (χ2n) is 6.27. The van der Waals surface area contributed by atoms with E-state index >= 15 is 0 Å². The van der Waals surface area contributed by atoms with Crippen LogP contribution in [0.3, 0.4) is 0 Å². The lowest BCUT2D eigenvalue weighted by Crippen LogP contribution is -2.04. The monoisotopic (exact) mass is 315 g/mol. The molecule has 24 heavy (non-hydrogen) atoms.